The van der Waals surface area contributed by atoms with Gasteiger partial charge in [-0.3, -0.25) is 0 Å². The molecule has 2 heteroatoms. The van der Waals surface area contributed by atoms with Gasteiger partial charge in [-0.15, -0.1) is 0 Å². The summed E-state index contributed by atoms with van der Waals surface area (Å²) in [5, 5.41) is 0. The highest BCUT2D eigenvalue weighted by atomic mass is 32.1. The third-order valence-electron chi connectivity index (χ3n) is 4.95. The Hall–Kier alpha value is -1.25. The van der Waals surface area contributed by atoms with Crippen LogP contribution in [0.25, 0.3) is 0 Å². The van der Waals surface area contributed by atoms with Crippen molar-refractivity contribution < 1.29 is 0 Å². The van der Waals surface area contributed by atoms with E-state index in [1.807, 2.05) is 13.8 Å². The number of likely N-dealkylation sites (N-methyl/N-ethyl adjacent to an activating group) is 1. The zero-order valence-electron chi connectivity index (χ0n) is 18.0. The molecule has 1 aliphatic heterocycles. The summed E-state index contributed by atoms with van der Waals surface area (Å²) in [4.78, 5) is 3.44. The first-order valence-electron chi connectivity index (χ1n) is 10.7. The minimum absolute atomic E-state index is 0.841. The molecule has 0 unspecified atom stereocenters. The minimum atomic E-state index is 0.841. The summed E-state index contributed by atoms with van der Waals surface area (Å²) in [6, 6.07) is 9.05. The molecule has 27 heavy (non-hydrogen) atoms. The van der Waals surface area contributed by atoms with Crippen molar-refractivity contribution in [2.45, 2.75) is 72.1 Å². The highest BCUT2D eigenvalue weighted by Gasteiger charge is 2.12. The van der Waals surface area contributed by atoms with Gasteiger partial charge in [0.05, 0.1) is 0 Å². The Kier molecular flexibility index (Phi) is 12.2. The number of rotatable bonds is 10. The van der Waals surface area contributed by atoms with E-state index in [1.165, 1.54) is 54.4 Å². The van der Waals surface area contributed by atoms with Crippen LogP contribution in [0.1, 0.15) is 70.4 Å². The number of thiocarbonyl (C=S) groups is 1. The van der Waals surface area contributed by atoms with Crippen molar-refractivity contribution in [2.75, 3.05) is 20.1 Å². The lowest BCUT2D eigenvalue weighted by Gasteiger charge is -2.24. The molecule has 0 aliphatic carbocycles. The lowest BCUT2D eigenvalue weighted by molar-refractivity contribution is 0.357. The molecule has 1 aliphatic rings. The summed E-state index contributed by atoms with van der Waals surface area (Å²) in [6.45, 7) is 12.7. The van der Waals surface area contributed by atoms with Crippen molar-refractivity contribution in [1.29, 1.82) is 0 Å². The average Bonchev–Trinajstić information content (AvgIpc) is 2.68. The Morgan fingerprint density at radius 2 is 1.74 bits per heavy atom. The van der Waals surface area contributed by atoms with Gasteiger partial charge >= 0.3 is 0 Å². The molecule has 0 bridgehead atoms. The van der Waals surface area contributed by atoms with Crippen molar-refractivity contribution in [1.82, 2.24) is 4.90 Å². The monoisotopic (exact) mass is 385 g/mol. The second kappa shape index (κ2) is 13.8. The molecule has 0 saturated heterocycles. The highest BCUT2D eigenvalue weighted by Crippen LogP contribution is 2.20. The van der Waals surface area contributed by atoms with E-state index in [2.05, 4.69) is 55.8 Å². The van der Waals surface area contributed by atoms with Crippen LogP contribution in [0.2, 0.25) is 0 Å². The SMILES string of the molecule is C=C(CC(=S)Cc1ccc(CCCCCC)cc1)C1=CCCN(C)C1.CC. The van der Waals surface area contributed by atoms with E-state index in [1.54, 1.807) is 0 Å². The van der Waals surface area contributed by atoms with E-state index in [9.17, 15) is 0 Å². The maximum atomic E-state index is 5.64. The normalized spacial score (nSPS) is 14.1. The van der Waals surface area contributed by atoms with Crippen molar-refractivity contribution in [2.24, 2.45) is 0 Å². The molecule has 1 nitrogen and oxygen atoms in total. The van der Waals surface area contributed by atoms with E-state index >= 15 is 0 Å². The third kappa shape index (κ3) is 9.48. The molecule has 0 atom stereocenters. The summed E-state index contributed by atoms with van der Waals surface area (Å²) in [5.41, 5.74) is 5.35. The predicted octanol–water partition coefficient (Wildman–Crippen LogP) is 6.96. The van der Waals surface area contributed by atoms with Gasteiger partial charge in [0.25, 0.3) is 0 Å². The highest BCUT2D eigenvalue weighted by molar-refractivity contribution is 7.80. The first kappa shape index (κ1) is 23.8. The molecule has 0 fully saturated rings. The first-order valence-corrected chi connectivity index (χ1v) is 11.1. The van der Waals surface area contributed by atoms with Crippen molar-refractivity contribution in [3.63, 3.8) is 0 Å². The van der Waals surface area contributed by atoms with E-state index < -0.39 is 0 Å². The van der Waals surface area contributed by atoms with Gasteiger partial charge in [-0.25, -0.2) is 0 Å². The van der Waals surface area contributed by atoms with Crippen LogP contribution in [0, 0.1) is 0 Å². The Morgan fingerprint density at radius 1 is 1.07 bits per heavy atom. The van der Waals surface area contributed by atoms with Gasteiger partial charge in [0, 0.05) is 30.8 Å². The third-order valence-corrected chi connectivity index (χ3v) is 5.24. The van der Waals surface area contributed by atoms with E-state index in [4.69, 9.17) is 12.2 Å². The Bertz CT molecular complexity index is 597. The van der Waals surface area contributed by atoms with Crippen molar-refractivity contribution in [3.8, 4) is 0 Å². The van der Waals surface area contributed by atoms with Crippen LogP contribution in [-0.4, -0.2) is 29.9 Å². The molecular weight excluding hydrogens is 346 g/mol. The number of nitrogens with zero attached hydrogens (tertiary/aromatic N) is 1. The molecule has 1 aromatic rings. The van der Waals surface area contributed by atoms with Gasteiger partial charge in [0.2, 0.25) is 0 Å². The number of aryl methyl sites for hydroxylation is 1. The minimum Gasteiger partial charge on any atom is -0.302 e. The van der Waals surface area contributed by atoms with Gasteiger partial charge in [0.15, 0.2) is 0 Å². The molecule has 0 N–H and O–H groups in total. The Balaban J connectivity index is 0.00000176. The maximum absolute atomic E-state index is 5.64. The Labute approximate surface area is 173 Å². The molecule has 0 saturated carbocycles. The van der Waals surface area contributed by atoms with Gasteiger partial charge in [-0.2, -0.15) is 0 Å². The van der Waals surface area contributed by atoms with Gasteiger partial charge in [-0.05, 0) is 48.6 Å². The molecule has 0 aromatic heterocycles. The molecule has 0 radical (unpaired) electrons. The molecule has 150 valence electrons. The number of unbranched alkanes of at least 4 members (excludes halogenated alkanes) is 3. The Morgan fingerprint density at radius 3 is 2.37 bits per heavy atom. The van der Waals surface area contributed by atoms with E-state index in [-0.39, 0.29) is 0 Å². The largest absolute Gasteiger partial charge is 0.302 e. The van der Waals surface area contributed by atoms with Crippen molar-refractivity contribution in [3.05, 3.63) is 59.2 Å². The van der Waals surface area contributed by atoms with E-state index in [0.29, 0.717) is 0 Å². The standard InChI is InChI=1S/C23H33NS.C2H6/c1-4-5-6-7-9-20-11-13-21(14-12-20)17-23(25)16-19(2)22-10-8-15-24(3)18-22;1-2/h10-14H,2,4-9,15-18H2,1,3H3;1-2H3. The lowest BCUT2D eigenvalue weighted by atomic mass is 9.96. The molecule has 1 heterocycles. The summed E-state index contributed by atoms with van der Waals surface area (Å²) < 4.78 is 0. The van der Waals surface area contributed by atoms with Crippen LogP contribution in [-0.2, 0) is 12.8 Å². The zero-order valence-corrected chi connectivity index (χ0v) is 18.8. The smallest absolute Gasteiger partial charge is 0.0230 e. The number of hydrogen-bond acceptors (Lipinski definition) is 2. The quantitative estimate of drug-likeness (QED) is 0.316. The summed E-state index contributed by atoms with van der Waals surface area (Å²) in [5.74, 6) is 0. The molecule has 2 rings (SSSR count). The van der Waals surface area contributed by atoms with E-state index in [0.717, 1.165) is 37.2 Å². The second-order valence-corrected chi connectivity index (χ2v) is 7.96. The molecule has 0 spiro atoms. The van der Waals surface area contributed by atoms with Crippen LogP contribution in [0.5, 0.6) is 0 Å². The maximum Gasteiger partial charge on any atom is 0.0230 e. The molecule has 0 amide bonds. The topological polar surface area (TPSA) is 3.24 Å². The number of benzene rings is 1. The molecular formula is C25H39NS. The van der Waals surface area contributed by atoms with Gasteiger partial charge in [0.1, 0.15) is 0 Å². The fourth-order valence-corrected chi connectivity index (χ4v) is 3.71. The number of hydrogen-bond donors (Lipinski definition) is 0. The fourth-order valence-electron chi connectivity index (χ4n) is 3.37. The van der Waals surface area contributed by atoms with Crippen molar-refractivity contribution >= 4 is 17.1 Å². The van der Waals surface area contributed by atoms with Crippen LogP contribution >= 0.6 is 12.2 Å². The average molecular weight is 386 g/mol. The summed E-state index contributed by atoms with van der Waals surface area (Å²) in [6.07, 6.45) is 11.7. The van der Waals surface area contributed by atoms with Crippen LogP contribution in [0.3, 0.4) is 0 Å². The first-order chi connectivity index (χ1) is 13.1. The summed E-state index contributed by atoms with van der Waals surface area (Å²) in [7, 11) is 2.17. The summed E-state index contributed by atoms with van der Waals surface area (Å²) >= 11 is 5.64. The van der Waals surface area contributed by atoms with Crippen LogP contribution < -0.4 is 0 Å². The second-order valence-electron chi connectivity index (χ2n) is 7.38. The molecule has 1 aromatic carbocycles. The van der Waals surface area contributed by atoms with Gasteiger partial charge in [-0.1, -0.05) is 89.2 Å². The zero-order chi connectivity index (χ0) is 20.1. The fraction of sp³-hybridized carbons (Fsp3) is 0.560. The van der Waals surface area contributed by atoms with Gasteiger partial charge < -0.3 is 4.90 Å². The van der Waals surface area contributed by atoms with Crippen LogP contribution in [0.4, 0.5) is 0 Å². The lowest BCUT2D eigenvalue weighted by Crippen LogP contribution is -2.26. The predicted molar refractivity (Wildman–Crippen MR) is 126 cm³/mol. The van der Waals surface area contributed by atoms with Crippen LogP contribution in [0.15, 0.2) is 48.1 Å².